The van der Waals surface area contributed by atoms with Crippen LogP contribution >= 0.6 is 22.6 Å². The first-order valence-corrected chi connectivity index (χ1v) is 8.82. The van der Waals surface area contributed by atoms with Crippen LogP contribution < -0.4 is 9.30 Å². The summed E-state index contributed by atoms with van der Waals surface area (Å²) in [5.41, 5.74) is 2.05. The van der Waals surface area contributed by atoms with Crippen LogP contribution in [-0.4, -0.2) is 12.2 Å². The molecule has 3 nitrogen and oxygen atoms in total. The van der Waals surface area contributed by atoms with Crippen molar-refractivity contribution in [1.29, 1.82) is 0 Å². The van der Waals surface area contributed by atoms with Crippen molar-refractivity contribution in [2.45, 2.75) is 12.5 Å². The number of hydrogen-bond acceptors (Lipinski definition) is 2. The second kappa shape index (κ2) is 5.57. The topological polar surface area (TPSA) is 33.3 Å². The van der Waals surface area contributed by atoms with Gasteiger partial charge in [-0.3, -0.25) is 0 Å². The van der Waals surface area contributed by atoms with Crippen molar-refractivity contribution >= 4 is 39.1 Å². The van der Waals surface area contributed by atoms with E-state index in [9.17, 15) is 5.11 Å². The highest BCUT2D eigenvalue weighted by Crippen LogP contribution is 2.41. The summed E-state index contributed by atoms with van der Waals surface area (Å²) in [4.78, 5) is 0. The van der Waals surface area contributed by atoms with Crippen LogP contribution in [0, 0.1) is 0 Å². The number of methoxy groups -OCH3 is 1. The van der Waals surface area contributed by atoms with Crippen molar-refractivity contribution in [3.8, 4) is 5.75 Å². The Kier molecular flexibility index (Phi) is 3.62. The van der Waals surface area contributed by atoms with Crippen molar-refractivity contribution in [2.24, 2.45) is 0 Å². The van der Waals surface area contributed by atoms with Crippen LogP contribution in [-0.2, 0) is 5.60 Å². The van der Waals surface area contributed by atoms with E-state index < -0.39 is 5.60 Å². The van der Waals surface area contributed by atoms with E-state index in [4.69, 9.17) is 4.74 Å². The van der Waals surface area contributed by atoms with Crippen LogP contribution in [0.25, 0.3) is 16.5 Å². The summed E-state index contributed by atoms with van der Waals surface area (Å²) >= 11 is 2.26. The fourth-order valence-corrected chi connectivity index (χ4v) is 4.10. The van der Waals surface area contributed by atoms with Crippen LogP contribution in [0.1, 0.15) is 18.2 Å². The number of aliphatic hydroxyl groups is 1. The lowest BCUT2D eigenvalue weighted by Crippen LogP contribution is -2.36. The third-order valence-electron chi connectivity index (χ3n) is 4.56. The zero-order valence-corrected chi connectivity index (χ0v) is 15.6. The third kappa shape index (κ3) is 2.24. The van der Waals surface area contributed by atoms with Gasteiger partial charge in [-0.05, 0) is 70.6 Å². The van der Waals surface area contributed by atoms with Gasteiger partial charge in [-0.1, -0.05) is 12.1 Å². The molecule has 0 amide bonds. The summed E-state index contributed by atoms with van der Waals surface area (Å²) in [6.45, 7) is 1.85. The lowest BCUT2D eigenvalue weighted by molar-refractivity contribution is -0.588. The zero-order valence-electron chi connectivity index (χ0n) is 13.5. The lowest BCUT2D eigenvalue weighted by Gasteiger charge is -2.11. The standard InChI is InChI=1S/C20H17INO2/c1-20(23)17-5-3-4-10-22(17)18(19(20)21)15-7-6-14-12-16(24-2)9-8-13(14)11-15/h3-12,23H,1-2H3/q+1. The van der Waals surface area contributed by atoms with Crippen LogP contribution in [0.5, 0.6) is 5.75 Å². The molecule has 1 atom stereocenters. The van der Waals surface area contributed by atoms with E-state index in [0.717, 1.165) is 37.1 Å². The Labute approximate surface area is 154 Å². The van der Waals surface area contributed by atoms with Crippen LogP contribution in [0.2, 0.25) is 0 Å². The first-order chi connectivity index (χ1) is 11.5. The largest absolute Gasteiger partial charge is 0.497 e. The van der Waals surface area contributed by atoms with E-state index in [2.05, 4.69) is 51.4 Å². The first-order valence-electron chi connectivity index (χ1n) is 7.75. The van der Waals surface area contributed by atoms with Crippen molar-refractivity contribution in [3.05, 3.63) is 75.6 Å². The molecule has 1 N–H and O–H groups in total. The predicted molar refractivity (Wildman–Crippen MR) is 103 cm³/mol. The molecular weight excluding hydrogens is 413 g/mol. The summed E-state index contributed by atoms with van der Waals surface area (Å²) in [7, 11) is 1.68. The van der Waals surface area contributed by atoms with Crippen LogP contribution in [0.3, 0.4) is 0 Å². The minimum Gasteiger partial charge on any atom is -0.497 e. The monoisotopic (exact) mass is 430 g/mol. The molecule has 4 heteroatoms. The summed E-state index contributed by atoms with van der Waals surface area (Å²) < 4.78 is 8.30. The van der Waals surface area contributed by atoms with Crippen molar-refractivity contribution in [1.82, 2.24) is 0 Å². The molecule has 2 aromatic carbocycles. The molecule has 1 aromatic heterocycles. The zero-order chi connectivity index (χ0) is 16.9. The molecule has 1 aliphatic heterocycles. The molecule has 0 fully saturated rings. The number of rotatable bonds is 2. The summed E-state index contributed by atoms with van der Waals surface area (Å²) in [5.74, 6) is 0.854. The molecule has 0 saturated heterocycles. The Morgan fingerprint density at radius 2 is 1.79 bits per heavy atom. The van der Waals surface area contributed by atoms with Gasteiger partial charge < -0.3 is 9.84 Å². The smallest absolute Gasteiger partial charge is 0.231 e. The molecule has 24 heavy (non-hydrogen) atoms. The van der Waals surface area contributed by atoms with Gasteiger partial charge in [-0.15, -0.1) is 0 Å². The Morgan fingerprint density at radius 1 is 1.04 bits per heavy atom. The Bertz CT molecular complexity index is 992. The molecule has 4 rings (SSSR count). The number of pyridine rings is 1. The fraction of sp³-hybridized carbons (Fsp3) is 0.150. The van der Waals surface area contributed by atoms with Crippen LogP contribution in [0.4, 0.5) is 0 Å². The van der Waals surface area contributed by atoms with Gasteiger partial charge in [0.05, 0.1) is 7.11 Å². The number of fused-ring (bicyclic) bond motifs is 2. The molecule has 3 aromatic rings. The number of hydrogen-bond donors (Lipinski definition) is 1. The second-order valence-electron chi connectivity index (χ2n) is 6.12. The molecule has 0 spiro atoms. The highest BCUT2D eigenvalue weighted by Gasteiger charge is 2.47. The van der Waals surface area contributed by atoms with E-state index in [1.54, 1.807) is 7.11 Å². The minimum atomic E-state index is -0.966. The molecule has 2 heterocycles. The van der Waals surface area contributed by atoms with Gasteiger partial charge in [0.25, 0.3) is 0 Å². The maximum Gasteiger partial charge on any atom is 0.231 e. The number of nitrogens with zero attached hydrogens (tertiary/aromatic N) is 1. The SMILES string of the molecule is COc1ccc2cc(C3=C(I)C(C)(O)c4cccc[n+]43)ccc2c1. The quantitative estimate of drug-likeness (QED) is 0.493. The maximum absolute atomic E-state index is 10.9. The van der Waals surface area contributed by atoms with Gasteiger partial charge in [-0.25, -0.2) is 0 Å². The van der Waals surface area contributed by atoms with Crippen molar-refractivity contribution in [2.75, 3.05) is 7.11 Å². The predicted octanol–water partition coefficient (Wildman–Crippen LogP) is 4.01. The van der Waals surface area contributed by atoms with E-state index in [0.29, 0.717) is 0 Å². The molecular formula is C20H17INO2+. The van der Waals surface area contributed by atoms with Crippen molar-refractivity contribution in [3.63, 3.8) is 0 Å². The molecule has 0 radical (unpaired) electrons. The molecule has 1 aliphatic rings. The molecule has 0 saturated carbocycles. The molecule has 1 unspecified atom stereocenters. The van der Waals surface area contributed by atoms with Gasteiger partial charge in [0.1, 0.15) is 9.33 Å². The third-order valence-corrected chi connectivity index (χ3v) is 6.12. The number of benzene rings is 2. The minimum absolute atomic E-state index is 0.854. The summed E-state index contributed by atoms with van der Waals surface area (Å²) in [5, 5.41) is 13.2. The fourth-order valence-electron chi connectivity index (χ4n) is 3.25. The van der Waals surface area contributed by atoms with E-state index in [1.165, 1.54) is 0 Å². The highest BCUT2D eigenvalue weighted by molar-refractivity contribution is 14.1. The van der Waals surface area contributed by atoms with Crippen LogP contribution in [0.15, 0.2) is 64.4 Å². The van der Waals surface area contributed by atoms with Crippen molar-refractivity contribution < 1.29 is 14.4 Å². The van der Waals surface area contributed by atoms with Gasteiger partial charge >= 0.3 is 0 Å². The molecule has 0 aliphatic carbocycles. The van der Waals surface area contributed by atoms with Gasteiger partial charge in [0, 0.05) is 17.7 Å². The van der Waals surface area contributed by atoms with Gasteiger partial charge in [0.15, 0.2) is 11.8 Å². The van der Waals surface area contributed by atoms with E-state index in [1.807, 2.05) is 43.5 Å². The highest BCUT2D eigenvalue weighted by atomic mass is 127. The Balaban J connectivity index is 1.92. The molecule has 0 bridgehead atoms. The van der Waals surface area contributed by atoms with Gasteiger partial charge in [0.2, 0.25) is 11.4 Å². The lowest BCUT2D eigenvalue weighted by atomic mass is 10.0. The summed E-state index contributed by atoms with van der Waals surface area (Å²) in [6.07, 6.45) is 2.00. The van der Waals surface area contributed by atoms with Gasteiger partial charge in [-0.2, -0.15) is 4.57 Å². The van der Waals surface area contributed by atoms with E-state index in [-0.39, 0.29) is 0 Å². The Morgan fingerprint density at radius 3 is 2.58 bits per heavy atom. The number of ether oxygens (including phenoxy) is 1. The maximum atomic E-state index is 10.9. The molecule has 120 valence electrons. The number of aromatic nitrogens is 1. The number of halogens is 1. The second-order valence-corrected chi connectivity index (χ2v) is 7.20. The average Bonchev–Trinajstić information content (AvgIpc) is 2.81. The Hall–Kier alpha value is -1.92. The average molecular weight is 430 g/mol. The van der Waals surface area contributed by atoms with E-state index >= 15 is 0 Å². The normalized spacial score (nSPS) is 19.7. The first kappa shape index (κ1) is 15.6. The summed E-state index contributed by atoms with van der Waals surface area (Å²) in [6, 6.07) is 18.3.